The number of aliphatic carboxylic acids is 2. The average Bonchev–Trinajstić information content (AvgIpc) is 3.53. The van der Waals surface area contributed by atoms with Gasteiger partial charge in [0.25, 0.3) is 0 Å². The smallest absolute Gasteiger partial charge is 0.326 e. The molecular formula is C31H45N7O12. The van der Waals surface area contributed by atoms with Gasteiger partial charge in [-0.2, -0.15) is 0 Å². The van der Waals surface area contributed by atoms with Gasteiger partial charge in [0.2, 0.25) is 35.4 Å². The molecule has 2 rings (SSSR count). The second-order valence-corrected chi connectivity index (χ2v) is 12.0. The first kappa shape index (κ1) is 40.9. The Bertz CT molecular complexity index is 1420. The van der Waals surface area contributed by atoms with Crippen LogP contribution in [0.4, 0.5) is 0 Å². The van der Waals surface area contributed by atoms with Crippen molar-refractivity contribution >= 4 is 47.4 Å². The van der Waals surface area contributed by atoms with E-state index in [-0.39, 0.29) is 38.0 Å². The van der Waals surface area contributed by atoms with Gasteiger partial charge >= 0.3 is 11.9 Å². The van der Waals surface area contributed by atoms with E-state index in [9.17, 15) is 58.8 Å². The van der Waals surface area contributed by atoms with E-state index in [1.54, 1.807) is 12.1 Å². The van der Waals surface area contributed by atoms with Crippen molar-refractivity contribution in [2.75, 3.05) is 6.54 Å². The summed E-state index contributed by atoms with van der Waals surface area (Å²) in [5.41, 5.74) is 11.6. The van der Waals surface area contributed by atoms with Gasteiger partial charge in [-0.1, -0.05) is 12.1 Å². The van der Waals surface area contributed by atoms with Crippen molar-refractivity contribution in [2.24, 2.45) is 11.5 Å². The number of hydrogen-bond donors (Lipinski definition) is 10. The van der Waals surface area contributed by atoms with Gasteiger partial charge in [-0.25, -0.2) is 4.79 Å². The highest BCUT2D eigenvalue weighted by Crippen LogP contribution is 2.19. The highest BCUT2D eigenvalue weighted by Gasteiger charge is 2.39. The van der Waals surface area contributed by atoms with Crippen LogP contribution in [0.25, 0.3) is 0 Å². The Balaban J connectivity index is 2.11. The summed E-state index contributed by atoms with van der Waals surface area (Å²) in [5, 5.41) is 47.7. The number of aromatic hydroxyl groups is 1. The van der Waals surface area contributed by atoms with Crippen LogP contribution >= 0.6 is 0 Å². The number of aliphatic hydroxyl groups is 1. The summed E-state index contributed by atoms with van der Waals surface area (Å²) in [6.45, 7) is 2.59. The number of carboxylic acids is 2. The average molecular weight is 708 g/mol. The number of aliphatic hydroxyl groups excluding tert-OH is 1. The van der Waals surface area contributed by atoms with Crippen molar-refractivity contribution in [3.05, 3.63) is 29.8 Å². The number of primary amides is 1. The number of carbonyl (C=O) groups is 8. The lowest BCUT2D eigenvalue weighted by atomic mass is 10.0. The van der Waals surface area contributed by atoms with Crippen molar-refractivity contribution < 1.29 is 58.8 Å². The fraction of sp³-hybridized carbons (Fsp3) is 0.548. The third-order valence-electron chi connectivity index (χ3n) is 7.93. The van der Waals surface area contributed by atoms with Crippen LogP contribution < -0.4 is 32.7 Å². The molecule has 1 aromatic rings. The first-order valence-electron chi connectivity index (χ1n) is 15.9. The second kappa shape index (κ2) is 19.0. The molecule has 0 aliphatic carbocycles. The number of amides is 6. The first-order valence-corrected chi connectivity index (χ1v) is 15.9. The molecular weight excluding hydrogens is 662 g/mol. The Kier molecular flexibility index (Phi) is 15.6. The Hall–Kier alpha value is -5.30. The summed E-state index contributed by atoms with van der Waals surface area (Å²) in [6, 6.07) is -2.27. The standard InChI is InChI=1S/C31H45N7O12/c1-15(30(48)38-13-3-4-22(38)28(46)36-21(31(49)50)9-11-23(33)41)34-27(45)20(10-12-24(42)43)35-29(47)25(16(2)39)37-26(44)19(32)14-17-5-7-18(40)8-6-17/h5-8,15-16,19-22,25,39-40H,3-4,9-14,32H2,1-2H3,(H2,33,41)(H,34,45)(H,35,47)(H,36,46)(H,37,44)(H,42,43)(H,49,50)/t15-,16-,19-,20+,21+,22+,25-/m1/s1. The van der Waals surface area contributed by atoms with Gasteiger partial charge < -0.3 is 58.1 Å². The molecule has 12 N–H and O–H groups in total. The van der Waals surface area contributed by atoms with Gasteiger partial charge in [0, 0.05) is 19.4 Å². The Labute approximate surface area is 287 Å². The Morgan fingerprint density at radius 3 is 2.04 bits per heavy atom. The lowest BCUT2D eigenvalue weighted by Gasteiger charge is -2.29. The van der Waals surface area contributed by atoms with Gasteiger partial charge in [-0.3, -0.25) is 33.6 Å². The summed E-state index contributed by atoms with van der Waals surface area (Å²) in [6.07, 6.45) is -2.49. The number of benzene rings is 1. The summed E-state index contributed by atoms with van der Waals surface area (Å²) < 4.78 is 0. The highest BCUT2D eigenvalue weighted by molar-refractivity contribution is 5.96. The molecule has 50 heavy (non-hydrogen) atoms. The molecule has 1 saturated heterocycles. The number of likely N-dealkylation sites (tertiary alicyclic amines) is 1. The molecule has 1 heterocycles. The van der Waals surface area contributed by atoms with Crippen molar-refractivity contribution in [3.63, 3.8) is 0 Å². The zero-order chi connectivity index (χ0) is 37.7. The number of nitrogens with one attached hydrogen (secondary N) is 4. The highest BCUT2D eigenvalue weighted by atomic mass is 16.4. The number of hydrogen-bond acceptors (Lipinski definition) is 11. The van der Waals surface area contributed by atoms with Crippen LogP contribution in [0.3, 0.4) is 0 Å². The molecule has 1 aromatic carbocycles. The maximum absolute atomic E-state index is 13.3. The molecule has 19 heteroatoms. The fourth-order valence-corrected chi connectivity index (χ4v) is 5.18. The molecule has 0 aromatic heterocycles. The monoisotopic (exact) mass is 707 g/mol. The predicted octanol–water partition coefficient (Wildman–Crippen LogP) is -3.19. The number of nitrogens with two attached hydrogens (primary N) is 2. The number of nitrogens with zero attached hydrogens (tertiary/aromatic N) is 1. The van der Waals surface area contributed by atoms with E-state index < -0.39 is 103 Å². The van der Waals surface area contributed by atoms with Crippen molar-refractivity contribution in [1.82, 2.24) is 26.2 Å². The lowest BCUT2D eigenvalue weighted by molar-refractivity contribution is -0.145. The molecule has 0 spiro atoms. The molecule has 276 valence electrons. The third-order valence-corrected chi connectivity index (χ3v) is 7.93. The minimum atomic E-state index is -1.62. The zero-order valence-electron chi connectivity index (χ0n) is 27.7. The van der Waals surface area contributed by atoms with E-state index in [4.69, 9.17) is 11.5 Å². The van der Waals surface area contributed by atoms with Crippen molar-refractivity contribution in [2.45, 2.75) is 101 Å². The topological polar surface area (TPSA) is 321 Å². The normalized spacial score (nSPS) is 17.6. The number of phenols is 1. The summed E-state index contributed by atoms with van der Waals surface area (Å²) in [4.78, 5) is 101. The molecule has 1 fully saturated rings. The van der Waals surface area contributed by atoms with Crippen LogP contribution in [-0.2, 0) is 44.8 Å². The fourth-order valence-electron chi connectivity index (χ4n) is 5.18. The zero-order valence-corrected chi connectivity index (χ0v) is 27.7. The van der Waals surface area contributed by atoms with Gasteiger partial charge in [-0.05, 0) is 63.6 Å². The largest absolute Gasteiger partial charge is 0.508 e. The van der Waals surface area contributed by atoms with Crippen LogP contribution in [0.1, 0.15) is 57.9 Å². The number of rotatable bonds is 19. The quantitative estimate of drug-likeness (QED) is 0.0678. The predicted molar refractivity (Wildman–Crippen MR) is 173 cm³/mol. The van der Waals surface area contributed by atoms with Crippen LogP contribution in [0.2, 0.25) is 0 Å². The molecule has 0 radical (unpaired) electrons. The molecule has 6 amide bonds. The molecule has 0 bridgehead atoms. The summed E-state index contributed by atoms with van der Waals surface area (Å²) in [7, 11) is 0. The molecule has 0 saturated carbocycles. The Morgan fingerprint density at radius 1 is 0.860 bits per heavy atom. The van der Waals surface area contributed by atoms with Crippen molar-refractivity contribution in [1.29, 1.82) is 0 Å². The molecule has 1 aliphatic heterocycles. The van der Waals surface area contributed by atoms with Gasteiger partial charge in [0.1, 0.15) is 36.0 Å². The van der Waals surface area contributed by atoms with Crippen LogP contribution in [0.5, 0.6) is 5.75 Å². The van der Waals surface area contributed by atoms with Crippen LogP contribution in [0.15, 0.2) is 24.3 Å². The first-order chi connectivity index (χ1) is 23.4. The van der Waals surface area contributed by atoms with Crippen LogP contribution in [0, 0.1) is 0 Å². The minimum Gasteiger partial charge on any atom is -0.508 e. The van der Waals surface area contributed by atoms with E-state index >= 15 is 0 Å². The summed E-state index contributed by atoms with van der Waals surface area (Å²) in [5.74, 6) is -7.81. The SMILES string of the molecule is C[C@@H](NC(=O)[C@H](CCC(=O)O)NC(=O)[C@H](NC(=O)[C@H](N)Cc1ccc(O)cc1)[C@@H](C)O)C(=O)N1CCC[C@H]1C(=O)N[C@@H](CCC(N)=O)C(=O)O. The Morgan fingerprint density at radius 2 is 1.48 bits per heavy atom. The van der Waals surface area contributed by atoms with Gasteiger partial charge in [-0.15, -0.1) is 0 Å². The van der Waals surface area contributed by atoms with E-state index in [2.05, 4.69) is 21.3 Å². The number of phenolic OH excluding ortho intramolecular Hbond substituents is 1. The van der Waals surface area contributed by atoms with E-state index in [0.717, 1.165) is 4.90 Å². The lowest BCUT2D eigenvalue weighted by Crippen LogP contribution is -2.60. The number of carboxylic acid groups (broad SMARTS) is 2. The van der Waals surface area contributed by atoms with Crippen LogP contribution in [-0.4, -0.2) is 122 Å². The van der Waals surface area contributed by atoms with E-state index in [0.29, 0.717) is 12.0 Å². The second-order valence-electron chi connectivity index (χ2n) is 12.0. The molecule has 7 atom stereocenters. The van der Waals surface area contributed by atoms with E-state index in [1.165, 1.54) is 26.0 Å². The van der Waals surface area contributed by atoms with Gasteiger partial charge in [0.05, 0.1) is 12.1 Å². The van der Waals surface area contributed by atoms with Gasteiger partial charge in [0.15, 0.2) is 0 Å². The van der Waals surface area contributed by atoms with Crippen molar-refractivity contribution in [3.8, 4) is 5.75 Å². The molecule has 0 unspecified atom stereocenters. The van der Waals surface area contributed by atoms with E-state index in [1.807, 2.05) is 0 Å². The third kappa shape index (κ3) is 12.6. The maximum Gasteiger partial charge on any atom is 0.326 e. The maximum atomic E-state index is 13.3. The summed E-state index contributed by atoms with van der Waals surface area (Å²) >= 11 is 0. The molecule has 19 nitrogen and oxygen atoms in total. The minimum absolute atomic E-state index is 0.00589. The molecule has 1 aliphatic rings. The number of carbonyl (C=O) groups excluding carboxylic acids is 6.